The van der Waals surface area contributed by atoms with Gasteiger partial charge in [-0.15, -0.1) is 0 Å². The van der Waals surface area contributed by atoms with Crippen molar-refractivity contribution in [3.05, 3.63) is 39.5 Å². The highest BCUT2D eigenvalue weighted by molar-refractivity contribution is 5.98. The Morgan fingerprint density at radius 3 is 2.68 bits per heavy atom. The normalized spacial score (nSPS) is 14.6. The summed E-state index contributed by atoms with van der Waals surface area (Å²) < 4.78 is 11.4. The summed E-state index contributed by atoms with van der Waals surface area (Å²) in [6.45, 7) is 3.57. The lowest BCUT2D eigenvalue weighted by atomic mass is 10.0. The van der Waals surface area contributed by atoms with Gasteiger partial charge >= 0.3 is 0 Å². The van der Waals surface area contributed by atoms with Crippen LogP contribution in [0.15, 0.2) is 27.4 Å². The highest BCUT2D eigenvalue weighted by Crippen LogP contribution is 2.25. The Balaban J connectivity index is 1.97. The molecule has 0 aliphatic carbocycles. The van der Waals surface area contributed by atoms with Gasteiger partial charge in [0, 0.05) is 44.4 Å². The first-order valence-electron chi connectivity index (χ1n) is 9.47. The van der Waals surface area contributed by atoms with Crippen LogP contribution < -0.4 is 15.6 Å². The second-order valence-corrected chi connectivity index (χ2v) is 7.09. The summed E-state index contributed by atoms with van der Waals surface area (Å²) in [5, 5.41) is 12.6. The Kier molecular flexibility index (Phi) is 6.66. The molecule has 0 bridgehead atoms. The van der Waals surface area contributed by atoms with E-state index >= 15 is 0 Å². The third-order valence-corrected chi connectivity index (χ3v) is 4.70. The standard InChI is InChI=1S/C20H27N3O5/c1-22(2)5-4-21-20(26)15-11-14(3-8-24)19-16(12-15)17(25)13-18(28-19)23-6-9-27-10-7-23/h11-13,24H,3-10H2,1-2H3,(H,21,26). The molecular formula is C20H27N3O5. The van der Waals surface area contributed by atoms with Gasteiger partial charge in [0.15, 0.2) is 11.3 Å². The predicted molar refractivity (Wildman–Crippen MR) is 107 cm³/mol. The predicted octanol–water partition coefficient (Wildman–Crippen LogP) is 0.456. The Hall–Kier alpha value is -2.42. The van der Waals surface area contributed by atoms with Crippen molar-refractivity contribution in [2.45, 2.75) is 6.42 Å². The second-order valence-electron chi connectivity index (χ2n) is 7.09. The summed E-state index contributed by atoms with van der Waals surface area (Å²) >= 11 is 0. The molecule has 1 aliphatic heterocycles. The highest BCUT2D eigenvalue weighted by Gasteiger charge is 2.19. The quantitative estimate of drug-likeness (QED) is 0.710. The van der Waals surface area contributed by atoms with Crippen molar-refractivity contribution in [3.63, 3.8) is 0 Å². The molecule has 8 heteroatoms. The maximum absolute atomic E-state index is 12.8. The number of nitrogens with zero attached hydrogens (tertiary/aromatic N) is 2. The highest BCUT2D eigenvalue weighted by atomic mass is 16.5. The molecule has 1 aromatic heterocycles. The molecule has 2 N–H and O–H groups in total. The fourth-order valence-corrected chi connectivity index (χ4v) is 3.19. The van der Waals surface area contributed by atoms with E-state index in [4.69, 9.17) is 9.15 Å². The van der Waals surface area contributed by atoms with E-state index in [9.17, 15) is 14.7 Å². The topological polar surface area (TPSA) is 95.2 Å². The Morgan fingerprint density at radius 2 is 2.00 bits per heavy atom. The monoisotopic (exact) mass is 389 g/mol. The summed E-state index contributed by atoms with van der Waals surface area (Å²) in [5.74, 6) is 0.239. The van der Waals surface area contributed by atoms with Crippen molar-refractivity contribution in [2.24, 2.45) is 0 Å². The van der Waals surface area contributed by atoms with Crippen molar-refractivity contribution in [1.82, 2.24) is 10.2 Å². The number of amides is 1. The third kappa shape index (κ3) is 4.70. The number of rotatable bonds is 7. The van der Waals surface area contributed by atoms with Crippen LogP contribution in [0.3, 0.4) is 0 Å². The van der Waals surface area contributed by atoms with Gasteiger partial charge in [0.2, 0.25) is 0 Å². The maximum Gasteiger partial charge on any atom is 0.251 e. The van der Waals surface area contributed by atoms with Crippen molar-refractivity contribution in [1.29, 1.82) is 0 Å². The van der Waals surface area contributed by atoms with Crippen LogP contribution in [0.2, 0.25) is 0 Å². The molecule has 1 amide bonds. The van der Waals surface area contributed by atoms with E-state index in [0.717, 1.165) is 0 Å². The smallest absolute Gasteiger partial charge is 0.251 e. The van der Waals surface area contributed by atoms with E-state index in [2.05, 4.69) is 5.32 Å². The minimum atomic E-state index is -0.250. The fraction of sp³-hybridized carbons (Fsp3) is 0.500. The second kappa shape index (κ2) is 9.18. The van der Waals surface area contributed by atoms with Crippen LogP contribution >= 0.6 is 0 Å². The molecule has 152 valence electrons. The van der Waals surface area contributed by atoms with Crippen molar-refractivity contribution < 1.29 is 19.1 Å². The molecule has 1 fully saturated rings. The number of morpholine rings is 1. The zero-order valence-corrected chi connectivity index (χ0v) is 16.4. The number of carbonyl (C=O) groups is 1. The number of aliphatic hydroxyl groups is 1. The SMILES string of the molecule is CN(C)CCNC(=O)c1cc(CCO)c2oc(N3CCOCC3)cc(=O)c2c1. The number of benzene rings is 1. The van der Waals surface area contributed by atoms with E-state index < -0.39 is 0 Å². The minimum absolute atomic E-state index is 0.105. The zero-order chi connectivity index (χ0) is 20.1. The van der Waals surface area contributed by atoms with Crippen molar-refractivity contribution in [2.75, 3.05) is 65.0 Å². The number of anilines is 1. The zero-order valence-electron chi connectivity index (χ0n) is 16.4. The number of aliphatic hydroxyl groups excluding tert-OH is 1. The number of fused-ring (bicyclic) bond motifs is 1. The van der Waals surface area contributed by atoms with Crippen LogP contribution in [0.5, 0.6) is 0 Å². The van der Waals surface area contributed by atoms with E-state index in [-0.39, 0.29) is 17.9 Å². The molecule has 3 rings (SSSR count). The summed E-state index contributed by atoms with van der Waals surface area (Å²) in [5.41, 5.74) is 1.25. The van der Waals surface area contributed by atoms with E-state index in [1.54, 1.807) is 12.1 Å². The van der Waals surface area contributed by atoms with Gasteiger partial charge in [0.25, 0.3) is 5.91 Å². The third-order valence-electron chi connectivity index (χ3n) is 4.70. The van der Waals surface area contributed by atoms with Gasteiger partial charge in [0.1, 0.15) is 5.58 Å². The fourth-order valence-electron chi connectivity index (χ4n) is 3.19. The minimum Gasteiger partial charge on any atom is -0.440 e. The Morgan fingerprint density at radius 1 is 1.25 bits per heavy atom. The van der Waals surface area contributed by atoms with Gasteiger partial charge in [-0.1, -0.05) is 0 Å². The maximum atomic E-state index is 12.8. The Bertz CT molecular complexity index is 887. The summed E-state index contributed by atoms with van der Waals surface area (Å²) in [7, 11) is 3.86. The van der Waals surface area contributed by atoms with Gasteiger partial charge in [-0.3, -0.25) is 9.59 Å². The lowest BCUT2D eigenvalue weighted by molar-refractivity contribution is 0.0951. The largest absolute Gasteiger partial charge is 0.440 e. The molecule has 0 saturated carbocycles. The molecule has 0 radical (unpaired) electrons. The van der Waals surface area contributed by atoms with Gasteiger partial charge in [-0.2, -0.15) is 0 Å². The summed E-state index contributed by atoms with van der Waals surface area (Å²) in [6, 6.07) is 4.72. The van der Waals surface area contributed by atoms with E-state index in [1.165, 1.54) is 6.07 Å². The van der Waals surface area contributed by atoms with Crippen LogP contribution in [0, 0.1) is 0 Å². The molecule has 1 aliphatic rings. The van der Waals surface area contributed by atoms with Crippen LogP contribution in [0.25, 0.3) is 11.0 Å². The number of carbonyl (C=O) groups excluding carboxylic acids is 1. The number of hydrogen-bond donors (Lipinski definition) is 2. The van der Waals surface area contributed by atoms with E-state index in [1.807, 2.05) is 23.9 Å². The molecule has 0 unspecified atom stereocenters. The molecule has 1 saturated heterocycles. The van der Waals surface area contributed by atoms with Crippen LogP contribution in [-0.4, -0.2) is 76.0 Å². The van der Waals surface area contributed by atoms with E-state index in [0.29, 0.717) is 73.8 Å². The summed E-state index contributed by atoms with van der Waals surface area (Å²) in [6.07, 6.45) is 0.296. The molecule has 0 atom stereocenters. The lowest BCUT2D eigenvalue weighted by Crippen LogP contribution is -2.36. The van der Waals surface area contributed by atoms with Gasteiger partial charge in [0.05, 0.1) is 18.6 Å². The molecular weight excluding hydrogens is 362 g/mol. The van der Waals surface area contributed by atoms with Gasteiger partial charge in [-0.05, 0) is 38.2 Å². The molecule has 28 heavy (non-hydrogen) atoms. The first-order chi connectivity index (χ1) is 13.5. The van der Waals surface area contributed by atoms with Crippen LogP contribution in [-0.2, 0) is 11.2 Å². The average molecular weight is 389 g/mol. The number of hydrogen-bond acceptors (Lipinski definition) is 7. The molecule has 1 aromatic carbocycles. The molecule has 8 nitrogen and oxygen atoms in total. The summed E-state index contributed by atoms with van der Waals surface area (Å²) in [4.78, 5) is 29.2. The number of ether oxygens (including phenoxy) is 1. The Labute approximate surface area is 163 Å². The lowest BCUT2D eigenvalue weighted by Gasteiger charge is -2.27. The van der Waals surface area contributed by atoms with Gasteiger partial charge in [-0.25, -0.2) is 0 Å². The number of nitrogens with one attached hydrogen (secondary N) is 1. The molecule has 2 aromatic rings. The van der Waals surface area contributed by atoms with Crippen molar-refractivity contribution >= 4 is 22.8 Å². The van der Waals surface area contributed by atoms with Crippen molar-refractivity contribution in [3.8, 4) is 0 Å². The van der Waals surface area contributed by atoms with Crippen LogP contribution in [0.1, 0.15) is 15.9 Å². The van der Waals surface area contributed by atoms with Gasteiger partial charge < -0.3 is 29.4 Å². The molecule has 0 spiro atoms. The number of likely N-dealkylation sites (N-methyl/N-ethyl adjacent to an activating group) is 1. The van der Waals surface area contributed by atoms with Crippen LogP contribution in [0.4, 0.5) is 5.88 Å². The molecule has 2 heterocycles. The average Bonchev–Trinajstić information content (AvgIpc) is 2.68. The first kappa shape index (κ1) is 20.3. The first-order valence-corrected chi connectivity index (χ1v) is 9.47.